The first-order chi connectivity index (χ1) is 15.6. The molecule has 2 fully saturated rings. The summed E-state index contributed by atoms with van der Waals surface area (Å²) in [6, 6.07) is 26.3. The number of piperidine rings is 1. The van der Waals surface area contributed by atoms with Crippen LogP contribution in [0.3, 0.4) is 0 Å². The molecule has 3 aromatic rings. The SMILES string of the molecule is O=C(O)c1nc2ccccc2n(C2CC3CCC(C2)N3c2ccccccccc2)c1=O. The Bertz CT molecular complexity index is 1250. The minimum atomic E-state index is -1.28. The fraction of sp³-hybridized carbons (Fsp3) is 0.269. The number of carboxylic acids is 1. The molecule has 2 unspecified atom stereocenters. The van der Waals surface area contributed by atoms with Gasteiger partial charge in [0, 0.05) is 23.8 Å². The number of hydrogen-bond acceptors (Lipinski definition) is 4. The Labute approximate surface area is 186 Å². The van der Waals surface area contributed by atoms with Gasteiger partial charge in [-0.3, -0.25) is 4.79 Å². The summed E-state index contributed by atoms with van der Waals surface area (Å²) in [6.45, 7) is 0. The zero-order chi connectivity index (χ0) is 22.1. The zero-order valence-corrected chi connectivity index (χ0v) is 17.7. The van der Waals surface area contributed by atoms with Gasteiger partial charge in [0.25, 0.3) is 5.56 Å². The number of rotatable bonds is 3. The number of anilines is 1. The number of nitrogens with zero attached hydrogens (tertiary/aromatic N) is 3. The van der Waals surface area contributed by atoms with E-state index in [9.17, 15) is 14.7 Å². The summed E-state index contributed by atoms with van der Waals surface area (Å²) in [5, 5.41) is 9.55. The van der Waals surface area contributed by atoms with Crippen LogP contribution in [0.4, 0.5) is 5.69 Å². The molecule has 162 valence electrons. The van der Waals surface area contributed by atoms with Crippen LogP contribution >= 0.6 is 0 Å². The molecule has 0 amide bonds. The molecular weight excluding hydrogens is 402 g/mol. The minimum absolute atomic E-state index is 0.0512. The number of aromatic carboxylic acids is 1. The molecule has 2 saturated heterocycles. The van der Waals surface area contributed by atoms with Crippen LogP contribution in [0.2, 0.25) is 0 Å². The van der Waals surface area contributed by atoms with E-state index >= 15 is 0 Å². The maximum absolute atomic E-state index is 13.2. The van der Waals surface area contributed by atoms with E-state index in [2.05, 4.69) is 34.1 Å². The van der Waals surface area contributed by atoms with E-state index in [1.54, 1.807) is 10.6 Å². The Morgan fingerprint density at radius 1 is 0.812 bits per heavy atom. The second kappa shape index (κ2) is 8.46. The Morgan fingerprint density at radius 3 is 2.00 bits per heavy atom. The standard InChI is InChI=1S/C26H25N3O3/c30-25-24(26(31)32)27-22-12-8-9-13-23(22)29(25)21-16-19-14-15-20(17-21)28(19)18-10-6-4-2-1-3-5-7-11-18/h1-13,19-21H,14-17H2,(H,31,32). The lowest BCUT2D eigenvalue weighted by molar-refractivity contribution is 0.0687. The van der Waals surface area contributed by atoms with Gasteiger partial charge in [0.05, 0.1) is 11.0 Å². The van der Waals surface area contributed by atoms with E-state index in [4.69, 9.17) is 0 Å². The number of carboxylic acid groups (broad SMARTS) is 1. The van der Waals surface area contributed by atoms with Gasteiger partial charge in [0.2, 0.25) is 5.69 Å². The average molecular weight is 428 g/mol. The normalized spacial score (nSPS) is 21.9. The van der Waals surface area contributed by atoms with Crippen molar-refractivity contribution in [3.63, 3.8) is 0 Å². The summed E-state index contributed by atoms with van der Waals surface area (Å²) in [7, 11) is 0. The fourth-order valence-electron chi connectivity index (χ4n) is 5.29. The smallest absolute Gasteiger partial charge is 0.360 e. The first kappa shape index (κ1) is 20.2. The second-order valence-corrected chi connectivity index (χ2v) is 8.45. The summed E-state index contributed by atoms with van der Waals surface area (Å²) < 4.78 is 1.69. The predicted molar refractivity (Wildman–Crippen MR) is 125 cm³/mol. The first-order valence-electron chi connectivity index (χ1n) is 11.0. The van der Waals surface area contributed by atoms with E-state index in [1.165, 1.54) is 5.69 Å². The lowest BCUT2D eigenvalue weighted by atomic mass is 9.95. The van der Waals surface area contributed by atoms with Gasteiger partial charge in [-0.1, -0.05) is 54.6 Å². The van der Waals surface area contributed by atoms with Gasteiger partial charge in [-0.05, 0) is 49.9 Å². The van der Waals surface area contributed by atoms with Crippen molar-refractivity contribution in [1.82, 2.24) is 9.55 Å². The Balaban J connectivity index is 1.55. The monoisotopic (exact) mass is 427 g/mol. The molecule has 5 rings (SSSR count). The van der Waals surface area contributed by atoms with E-state index < -0.39 is 17.2 Å². The van der Waals surface area contributed by atoms with Crippen LogP contribution in [0, 0.1) is 0 Å². The highest BCUT2D eigenvalue weighted by Gasteiger charge is 2.42. The molecule has 3 heterocycles. The molecule has 2 aromatic carbocycles. The molecule has 6 heteroatoms. The molecule has 1 N–H and O–H groups in total. The van der Waals surface area contributed by atoms with Crippen molar-refractivity contribution in [2.75, 3.05) is 4.90 Å². The predicted octanol–water partition coefficient (Wildman–Crippen LogP) is 4.59. The number of para-hydroxylation sites is 2. The Morgan fingerprint density at radius 2 is 1.38 bits per heavy atom. The molecule has 6 nitrogen and oxygen atoms in total. The number of fused-ring (bicyclic) bond motifs is 3. The lowest BCUT2D eigenvalue weighted by Gasteiger charge is -2.41. The number of aromatic nitrogens is 2. The third kappa shape index (κ3) is 3.62. The van der Waals surface area contributed by atoms with Crippen molar-refractivity contribution in [3.05, 3.63) is 94.9 Å². The molecule has 2 atom stereocenters. The quantitative estimate of drug-likeness (QED) is 0.662. The highest BCUT2D eigenvalue weighted by Crippen LogP contribution is 2.43. The molecule has 0 spiro atoms. The summed E-state index contributed by atoms with van der Waals surface area (Å²) in [4.78, 5) is 31.5. The van der Waals surface area contributed by atoms with Crippen LogP contribution < -0.4 is 10.5 Å². The highest BCUT2D eigenvalue weighted by atomic mass is 16.4. The van der Waals surface area contributed by atoms with Crippen LogP contribution in [0.15, 0.2) is 83.7 Å². The van der Waals surface area contributed by atoms with Crippen LogP contribution in [0.5, 0.6) is 0 Å². The average Bonchev–Trinajstić information content (AvgIpc) is 3.05. The largest absolute Gasteiger partial charge is 0.476 e. The molecule has 0 aliphatic carbocycles. The first-order valence-corrected chi connectivity index (χ1v) is 11.0. The van der Waals surface area contributed by atoms with E-state index in [-0.39, 0.29) is 6.04 Å². The Hall–Kier alpha value is -3.67. The molecule has 2 bridgehead atoms. The molecule has 0 saturated carbocycles. The van der Waals surface area contributed by atoms with E-state index in [0.717, 1.165) is 25.7 Å². The van der Waals surface area contributed by atoms with Crippen LogP contribution in [0.1, 0.15) is 42.2 Å². The van der Waals surface area contributed by atoms with Gasteiger partial charge < -0.3 is 14.6 Å². The third-order valence-electron chi connectivity index (χ3n) is 6.57. The molecular formula is C26H25N3O3. The van der Waals surface area contributed by atoms with Crippen molar-refractivity contribution < 1.29 is 9.90 Å². The third-order valence-corrected chi connectivity index (χ3v) is 6.57. The van der Waals surface area contributed by atoms with Gasteiger partial charge in [-0.15, -0.1) is 0 Å². The van der Waals surface area contributed by atoms with Gasteiger partial charge >= 0.3 is 5.97 Å². The topological polar surface area (TPSA) is 75.4 Å². The van der Waals surface area contributed by atoms with Gasteiger partial charge in [0.1, 0.15) is 0 Å². The fourth-order valence-corrected chi connectivity index (χ4v) is 5.29. The van der Waals surface area contributed by atoms with Crippen molar-refractivity contribution in [3.8, 4) is 0 Å². The van der Waals surface area contributed by atoms with Crippen LogP contribution in [-0.4, -0.2) is 32.7 Å². The van der Waals surface area contributed by atoms with Gasteiger partial charge in [0.15, 0.2) is 0 Å². The molecule has 2 aliphatic rings. The van der Waals surface area contributed by atoms with Crippen molar-refractivity contribution in [1.29, 1.82) is 0 Å². The van der Waals surface area contributed by atoms with Crippen molar-refractivity contribution in [2.45, 2.75) is 43.8 Å². The maximum atomic E-state index is 13.2. The molecule has 1 aromatic heterocycles. The molecule has 32 heavy (non-hydrogen) atoms. The lowest BCUT2D eigenvalue weighted by Crippen LogP contribution is -2.45. The Kier molecular flexibility index (Phi) is 5.35. The summed E-state index contributed by atoms with van der Waals surface area (Å²) >= 11 is 0. The summed E-state index contributed by atoms with van der Waals surface area (Å²) in [5.74, 6) is -1.28. The van der Waals surface area contributed by atoms with E-state index in [1.807, 2.05) is 48.5 Å². The maximum Gasteiger partial charge on any atom is 0.360 e. The van der Waals surface area contributed by atoms with Crippen molar-refractivity contribution in [2.24, 2.45) is 0 Å². The van der Waals surface area contributed by atoms with Crippen LogP contribution in [-0.2, 0) is 0 Å². The summed E-state index contributed by atoms with van der Waals surface area (Å²) in [6.07, 6.45) is 3.73. The van der Waals surface area contributed by atoms with Crippen molar-refractivity contribution >= 4 is 22.7 Å². The number of benzene rings is 1. The number of carbonyl (C=O) groups is 1. The number of hydrogen-bond donors (Lipinski definition) is 1. The second-order valence-electron chi connectivity index (χ2n) is 8.45. The van der Waals surface area contributed by atoms with Gasteiger partial charge in [-0.25, -0.2) is 9.78 Å². The molecule has 0 radical (unpaired) electrons. The minimum Gasteiger partial charge on any atom is -0.476 e. The van der Waals surface area contributed by atoms with E-state index in [0.29, 0.717) is 23.1 Å². The molecule has 2 aliphatic heterocycles. The summed E-state index contributed by atoms with van der Waals surface area (Å²) in [5.41, 5.74) is 1.51. The highest BCUT2D eigenvalue weighted by molar-refractivity contribution is 5.88. The van der Waals surface area contributed by atoms with Crippen LogP contribution in [0.25, 0.3) is 11.0 Å². The zero-order valence-electron chi connectivity index (χ0n) is 17.7. The van der Waals surface area contributed by atoms with Gasteiger partial charge in [-0.2, -0.15) is 0 Å².